The third-order valence-electron chi connectivity index (χ3n) is 2.12. The fourth-order valence-electron chi connectivity index (χ4n) is 1.38. The lowest BCUT2D eigenvalue weighted by molar-refractivity contribution is 0.0594. The Kier molecular flexibility index (Phi) is 2.52. The van der Waals surface area contributed by atoms with Gasteiger partial charge >= 0.3 is 5.97 Å². The highest BCUT2D eigenvalue weighted by Gasteiger charge is 2.10. The summed E-state index contributed by atoms with van der Waals surface area (Å²) < 4.78 is 30.6. The van der Waals surface area contributed by atoms with Crippen molar-refractivity contribution in [2.24, 2.45) is 0 Å². The third kappa shape index (κ3) is 1.71. The number of carbonyl (C=O) groups is 1. The van der Waals surface area contributed by atoms with Gasteiger partial charge in [-0.3, -0.25) is 0 Å². The Bertz CT molecular complexity index is 569. The number of hydrogen-bond donors (Lipinski definition) is 0. The zero-order valence-corrected chi connectivity index (χ0v) is 8.33. The van der Waals surface area contributed by atoms with Crippen molar-refractivity contribution in [3.05, 3.63) is 41.6 Å². The summed E-state index contributed by atoms with van der Waals surface area (Å²) >= 11 is 0. The summed E-state index contributed by atoms with van der Waals surface area (Å²) in [6.45, 7) is 0. The Morgan fingerprint density at radius 1 is 1.31 bits per heavy atom. The molecule has 0 radical (unpaired) electrons. The Hall–Kier alpha value is -2.04. The van der Waals surface area contributed by atoms with Gasteiger partial charge in [0.2, 0.25) is 0 Å². The largest absolute Gasteiger partial charge is 0.464 e. The van der Waals surface area contributed by atoms with Crippen molar-refractivity contribution < 1.29 is 18.3 Å². The maximum Gasteiger partial charge on any atom is 0.356 e. The lowest BCUT2D eigenvalue weighted by Gasteiger charge is -2.02. The van der Waals surface area contributed by atoms with E-state index in [9.17, 15) is 13.6 Å². The number of pyridine rings is 1. The van der Waals surface area contributed by atoms with Crippen LogP contribution in [0, 0.1) is 11.6 Å². The van der Waals surface area contributed by atoms with E-state index in [1.165, 1.54) is 19.2 Å². The molecule has 0 saturated heterocycles. The fraction of sp³-hybridized carbons (Fsp3) is 0.0909. The molecule has 0 bridgehead atoms. The van der Waals surface area contributed by atoms with Gasteiger partial charge in [-0.1, -0.05) is 0 Å². The minimum Gasteiger partial charge on any atom is -0.464 e. The molecule has 82 valence electrons. The number of aromatic nitrogens is 1. The van der Waals surface area contributed by atoms with Gasteiger partial charge in [-0.2, -0.15) is 0 Å². The first kappa shape index (κ1) is 10.5. The monoisotopic (exact) mass is 223 g/mol. The molecule has 0 atom stereocenters. The van der Waals surface area contributed by atoms with Crippen molar-refractivity contribution in [2.75, 3.05) is 7.11 Å². The van der Waals surface area contributed by atoms with E-state index in [2.05, 4.69) is 9.72 Å². The predicted octanol–water partition coefficient (Wildman–Crippen LogP) is 2.30. The lowest BCUT2D eigenvalue weighted by atomic mass is 10.2. The second-order valence-electron chi connectivity index (χ2n) is 3.14. The molecule has 16 heavy (non-hydrogen) atoms. The molecule has 2 rings (SSSR count). The molecule has 3 nitrogen and oxygen atoms in total. The first-order valence-electron chi connectivity index (χ1n) is 4.46. The number of ether oxygens (including phenoxy) is 1. The van der Waals surface area contributed by atoms with Crippen LogP contribution in [0.25, 0.3) is 10.9 Å². The van der Waals surface area contributed by atoms with Crippen molar-refractivity contribution in [1.29, 1.82) is 0 Å². The fourth-order valence-corrected chi connectivity index (χ4v) is 1.38. The SMILES string of the molecule is COC(=O)c1ccc2c(F)cc(F)cc2n1. The van der Waals surface area contributed by atoms with Gasteiger partial charge in [-0.05, 0) is 12.1 Å². The zero-order valence-electron chi connectivity index (χ0n) is 8.33. The van der Waals surface area contributed by atoms with Gasteiger partial charge in [0.1, 0.15) is 17.3 Å². The van der Waals surface area contributed by atoms with Crippen molar-refractivity contribution in [3.63, 3.8) is 0 Å². The number of halogens is 2. The summed E-state index contributed by atoms with van der Waals surface area (Å²) in [5.41, 5.74) is 0.0976. The topological polar surface area (TPSA) is 39.2 Å². The predicted molar refractivity (Wildman–Crippen MR) is 53.0 cm³/mol. The molecule has 0 saturated carbocycles. The Morgan fingerprint density at radius 3 is 2.75 bits per heavy atom. The molecule has 0 spiro atoms. The number of nitrogens with zero attached hydrogens (tertiary/aromatic N) is 1. The van der Waals surface area contributed by atoms with Crippen molar-refractivity contribution in [3.8, 4) is 0 Å². The van der Waals surface area contributed by atoms with Crippen LogP contribution in [0.15, 0.2) is 24.3 Å². The highest BCUT2D eigenvalue weighted by molar-refractivity contribution is 5.91. The Morgan fingerprint density at radius 2 is 2.06 bits per heavy atom. The van der Waals surface area contributed by atoms with E-state index >= 15 is 0 Å². The molecule has 0 fully saturated rings. The normalized spacial score (nSPS) is 10.4. The average molecular weight is 223 g/mol. The molecule has 0 N–H and O–H groups in total. The van der Waals surface area contributed by atoms with Gasteiger partial charge in [0.25, 0.3) is 0 Å². The van der Waals surface area contributed by atoms with Crippen LogP contribution >= 0.6 is 0 Å². The van der Waals surface area contributed by atoms with Crippen LogP contribution in [0.2, 0.25) is 0 Å². The number of methoxy groups -OCH3 is 1. The average Bonchev–Trinajstić information content (AvgIpc) is 2.27. The van der Waals surface area contributed by atoms with E-state index in [1.54, 1.807) is 0 Å². The Balaban J connectivity index is 2.66. The van der Waals surface area contributed by atoms with Crippen molar-refractivity contribution in [2.45, 2.75) is 0 Å². The van der Waals surface area contributed by atoms with Gasteiger partial charge in [0.15, 0.2) is 0 Å². The summed E-state index contributed by atoms with van der Waals surface area (Å²) in [4.78, 5) is 15.0. The molecule has 1 aromatic carbocycles. The summed E-state index contributed by atoms with van der Waals surface area (Å²) in [6.07, 6.45) is 0. The van der Waals surface area contributed by atoms with Gasteiger partial charge in [0.05, 0.1) is 12.6 Å². The zero-order chi connectivity index (χ0) is 11.7. The second-order valence-corrected chi connectivity index (χ2v) is 3.14. The number of benzene rings is 1. The smallest absolute Gasteiger partial charge is 0.356 e. The molecular weight excluding hydrogens is 216 g/mol. The highest BCUT2D eigenvalue weighted by Crippen LogP contribution is 2.18. The van der Waals surface area contributed by atoms with E-state index < -0.39 is 17.6 Å². The van der Waals surface area contributed by atoms with Crippen LogP contribution in [0.1, 0.15) is 10.5 Å². The summed E-state index contributed by atoms with van der Waals surface area (Å²) in [6, 6.07) is 4.52. The van der Waals surface area contributed by atoms with Crippen molar-refractivity contribution >= 4 is 16.9 Å². The summed E-state index contributed by atoms with van der Waals surface area (Å²) in [5, 5.41) is 0.161. The van der Waals surface area contributed by atoms with E-state index in [-0.39, 0.29) is 16.6 Å². The van der Waals surface area contributed by atoms with E-state index in [0.717, 1.165) is 12.1 Å². The molecule has 2 aromatic rings. The van der Waals surface area contributed by atoms with Crippen LogP contribution in [0.3, 0.4) is 0 Å². The van der Waals surface area contributed by atoms with E-state index in [1.807, 2.05) is 0 Å². The van der Waals surface area contributed by atoms with E-state index in [0.29, 0.717) is 0 Å². The number of fused-ring (bicyclic) bond motifs is 1. The van der Waals surface area contributed by atoms with Crippen LogP contribution in [0.4, 0.5) is 8.78 Å². The van der Waals surface area contributed by atoms with Crippen LogP contribution in [0.5, 0.6) is 0 Å². The molecule has 0 aliphatic heterocycles. The van der Waals surface area contributed by atoms with E-state index in [4.69, 9.17) is 0 Å². The minimum atomic E-state index is -0.737. The molecule has 0 unspecified atom stereocenters. The molecule has 1 heterocycles. The maximum absolute atomic E-state index is 13.3. The van der Waals surface area contributed by atoms with Crippen LogP contribution in [-0.2, 0) is 4.74 Å². The molecular formula is C11H7F2NO2. The standard InChI is InChI=1S/C11H7F2NO2/c1-16-11(15)9-3-2-7-8(13)4-6(12)5-10(7)14-9/h2-5H,1H3. The molecule has 0 aliphatic carbocycles. The highest BCUT2D eigenvalue weighted by atomic mass is 19.1. The quantitative estimate of drug-likeness (QED) is 0.696. The first-order valence-corrected chi connectivity index (χ1v) is 4.46. The second kappa shape index (κ2) is 3.84. The number of esters is 1. The Labute approximate surface area is 89.7 Å². The maximum atomic E-state index is 13.3. The first-order chi connectivity index (χ1) is 7.61. The number of hydrogen-bond acceptors (Lipinski definition) is 3. The molecule has 0 amide bonds. The van der Waals surface area contributed by atoms with Crippen molar-refractivity contribution in [1.82, 2.24) is 4.98 Å². The minimum absolute atomic E-state index is 0.0139. The number of rotatable bonds is 1. The molecule has 1 aromatic heterocycles. The number of carbonyl (C=O) groups excluding carboxylic acids is 1. The van der Waals surface area contributed by atoms with Gasteiger partial charge in [-0.15, -0.1) is 0 Å². The van der Waals surface area contributed by atoms with Gasteiger partial charge in [-0.25, -0.2) is 18.6 Å². The summed E-state index contributed by atoms with van der Waals surface area (Å²) in [5.74, 6) is -2.09. The van der Waals surface area contributed by atoms with Gasteiger partial charge < -0.3 is 4.74 Å². The van der Waals surface area contributed by atoms with Crippen LogP contribution in [-0.4, -0.2) is 18.1 Å². The summed E-state index contributed by atoms with van der Waals surface area (Å²) in [7, 11) is 1.21. The molecule has 0 aliphatic rings. The third-order valence-corrected chi connectivity index (χ3v) is 2.12. The lowest BCUT2D eigenvalue weighted by Crippen LogP contribution is -2.04. The van der Waals surface area contributed by atoms with Crippen LogP contribution < -0.4 is 0 Å². The van der Waals surface area contributed by atoms with Gasteiger partial charge in [0, 0.05) is 17.5 Å². The molecule has 5 heteroatoms.